The van der Waals surface area contributed by atoms with Crippen molar-refractivity contribution >= 4 is 38.5 Å². The largest absolute Gasteiger partial charge is 0.288 e. The second kappa shape index (κ2) is 4.93. The lowest BCUT2D eigenvalue weighted by atomic mass is 9.99. The van der Waals surface area contributed by atoms with E-state index in [1.807, 2.05) is 18.5 Å². The lowest BCUT2D eigenvalue weighted by Gasteiger charge is -2.11. The fourth-order valence-corrected chi connectivity index (χ4v) is 4.72. The molecule has 4 nitrogen and oxygen atoms in total. The van der Waals surface area contributed by atoms with Crippen molar-refractivity contribution < 1.29 is 0 Å². The highest BCUT2D eigenvalue weighted by atomic mass is 15.1. The van der Waals surface area contributed by atoms with Gasteiger partial charge in [0.2, 0.25) is 0 Å². The Labute approximate surface area is 160 Å². The maximum absolute atomic E-state index is 4.89. The number of aromatic nitrogens is 4. The van der Waals surface area contributed by atoms with Gasteiger partial charge in [0, 0.05) is 23.2 Å². The minimum absolute atomic E-state index is 0.768. The summed E-state index contributed by atoms with van der Waals surface area (Å²) in [6.07, 6.45) is 6.56. The fourth-order valence-electron chi connectivity index (χ4n) is 4.72. The lowest BCUT2D eigenvalue weighted by molar-refractivity contribution is 1.25. The van der Waals surface area contributed by atoms with Crippen LogP contribution in [-0.4, -0.2) is 19.4 Å². The zero-order valence-corrected chi connectivity index (χ0v) is 14.9. The van der Waals surface area contributed by atoms with Crippen LogP contribution in [0.2, 0.25) is 0 Å². The van der Waals surface area contributed by atoms with Crippen molar-refractivity contribution in [3.05, 3.63) is 84.3 Å². The van der Waals surface area contributed by atoms with Crippen LogP contribution >= 0.6 is 0 Å². The zero-order valence-electron chi connectivity index (χ0n) is 14.9. The van der Waals surface area contributed by atoms with Crippen LogP contribution < -0.4 is 0 Å². The normalized spacial score (nSPS) is 12.9. The topological polar surface area (TPSA) is 43.1 Å². The van der Waals surface area contributed by atoms with Gasteiger partial charge in [0.25, 0.3) is 0 Å². The van der Waals surface area contributed by atoms with Crippen molar-refractivity contribution in [2.24, 2.45) is 0 Å². The molecule has 1 aliphatic carbocycles. The molecule has 4 aromatic heterocycles. The molecule has 1 aliphatic rings. The highest BCUT2D eigenvalue weighted by Gasteiger charge is 2.21. The first-order valence-electron chi connectivity index (χ1n) is 9.42. The van der Waals surface area contributed by atoms with Gasteiger partial charge in [0.15, 0.2) is 5.65 Å². The summed E-state index contributed by atoms with van der Waals surface area (Å²) < 4.78 is 2.20. The van der Waals surface area contributed by atoms with E-state index in [4.69, 9.17) is 4.98 Å². The van der Waals surface area contributed by atoms with Crippen LogP contribution in [0.3, 0.4) is 0 Å². The number of pyridine rings is 3. The molecule has 0 N–H and O–H groups in total. The Morgan fingerprint density at radius 1 is 0.750 bits per heavy atom. The Morgan fingerprint density at radius 2 is 1.71 bits per heavy atom. The van der Waals surface area contributed by atoms with Gasteiger partial charge in [-0.05, 0) is 64.4 Å². The second-order valence-corrected chi connectivity index (χ2v) is 7.40. The molecule has 28 heavy (non-hydrogen) atoms. The summed E-state index contributed by atoms with van der Waals surface area (Å²) in [6.45, 7) is 0. The first kappa shape index (κ1) is 14.3. The molecule has 0 saturated carbocycles. The van der Waals surface area contributed by atoms with Crippen LogP contribution in [0, 0.1) is 0 Å². The first-order valence-corrected chi connectivity index (χ1v) is 9.42. The van der Waals surface area contributed by atoms with Crippen LogP contribution in [0.5, 0.6) is 0 Å². The van der Waals surface area contributed by atoms with Crippen molar-refractivity contribution in [2.75, 3.05) is 0 Å². The SMILES string of the molecule is c1ccc2c(c1)Cc1cc3c(cc1-2)c1ccncc1n1c2cccnc2nc31. The second-order valence-electron chi connectivity index (χ2n) is 7.40. The molecule has 0 unspecified atom stereocenters. The highest BCUT2D eigenvalue weighted by molar-refractivity contribution is 6.15. The van der Waals surface area contributed by atoms with Crippen LogP contribution in [0.15, 0.2) is 73.2 Å². The number of nitrogens with zero attached hydrogens (tertiary/aromatic N) is 4. The molecule has 2 aromatic carbocycles. The summed E-state index contributed by atoms with van der Waals surface area (Å²) in [5.41, 5.74) is 9.23. The number of hydrogen-bond donors (Lipinski definition) is 0. The molecule has 0 aliphatic heterocycles. The molecule has 0 atom stereocenters. The van der Waals surface area contributed by atoms with E-state index in [1.54, 1.807) is 6.20 Å². The van der Waals surface area contributed by atoms with E-state index in [2.05, 4.69) is 62.9 Å². The quantitative estimate of drug-likeness (QED) is 0.352. The lowest BCUT2D eigenvalue weighted by Crippen LogP contribution is -1.93. The van der Waals surface area contributed by atoms with E-state index < -0.39 is 0 Å². The first-order chi connectivity index (χ1) is 13.9. The Morgan fingerprint density at radius 3 is 2.71 bits per heavy atom. The molecule has 0 spiro atoms. The van der Waals surface area contributed by atoms with Crippen molar-refractivity contribution in [3.8, 4) is 11.1 Å². The molecular weight excluding hydrogens is 344 g/mol. The fraction of sp³-hybridized carbons (Fsp3) is 0.0417. The van der Waals surface area contributed by atoms with E-state index in [0.29, 0.717) is 0 Å². The van der Waals surface area contributed by atoms with Gasteiger partial charge in [0.05, 0.1) is 17.2 Å². The Kier molecular flexibility index (Phi) is 2.51. The maximum Gasteiger partial charge on any atom is 0.178 e. The van der Waals surface area contributed by atoms with Gasteiger partial charge < -0.3 is 0 Å². The molecule has 0 radical (unpaired) electrons. The van der Waals surface area contributed by atoms with Crippen molar-refractivity contribution in [1.82, 2.24) is 19.4 Å². The average molecular weight is 358 g/mol. The summed E-state index contributed by atoms with van der Waals surface area (Å²) in [6, 6.07) is 19.5. The van der Waals surface area contributed by atoms with Crippen LogP contribution in [0.25, 0.3) is 49.6 Å². The van der Waals surface area contributed by atoms with Gasteiger partial charge in [-0.2, -0.15) is 0 Å². The van der Waals surface area contributed by atoms with Gasteiger partial charge >= 0.3 is 0 Å². The van der Waals surface area contributed by atoms with E-state index >= 15 is 0 Å². The summed E-state index contributed by atoms with van der Waals surface area (Å²) in [7, 11) is 0. The van der Waals surface area contributed by atoms with Gasteiger partial charge in [-0.15, -0.1) is 0 Å². The number of fused-ring (bicyclic) bond motifs is 11. The zero-order chi connectivity index (χ0) is 18.2. The van der Waals surface area contributed by atoms with Crippen molar-refractivity contribution in [3.63, 3.8) is 0 Å². The third kappa shape index (κ3) is 1.68. The molecule has 4 heterocycles. The van der Waals surface area contributed by atoms with Crippen LogP contribution in [0.4, 0.5) is 0 Å². The number of hydrogen-bond acceptors (Lipinski definition) is 3. The van der Waals surface area contributed by atoms with Crippen LogP contribution in [-0.2, 0) is 6.42 Å². The predicted molar refractivity (Wildman–Crippen MR) is 112 cm³/mol. The summed E-state index contributed by atoms with van der Waals surface area (Å²) in [5.74, 6) is 0. The standard InChI is InChI=1S/C24H14N4/c1-2-5-16-14(4-1)10-15-11-20-19(12-18(15)16)17-7-9-25-13-22(17)28-21-6-3-8-26-23(21)27-24(20)28/h1-9,11-13H,10H2. The van der Waals surface area contributed by atoms with E-state index in [9.17, 15) is 0 Å². The minimum atomic E-state index is 0.768. The van der Waals surface area contributed by atoms with E-state index in [-0.39, 0.29) is 0 Å². The van der Waals surface area contributed by atoms with E-state index in [0.717, 1.165) is 28.7 Å². The monoisotopic (exact) mass is 358 g/mol. The molecule has 4 heteroatoms. The van der Waals surface area contributed by atoms with E-state index in [1.165, 1.54) is 38.4 Å². The third-order valence-corrected chi connectivity index (χ3v) is 5.93. The minimum Gasteiger partial charge on any atom is -0.288 e. The molecular formula is C24H14N4. The molecule has 130 valence electrons. The predicted octanol–water partition coefficient (Wildman–Crippen LogP) is 5.16. The summed E-state index contributed by atoms with van der Waals surface area (Å²) in [4.78, 5) is 13.8. The average Bonchev–Trinajstić information content (AvgIpc) is 3.31. The van der Waals surface area contributed by atoms with Gasteiger partial charge in [-0.25, -0.2) is 9.97 Å². The molecule has 0 amide bonds. The molecule has 0 bridgehead atoms. The number of imidazole rings is 1. The number of rotatable bonds is 0. The van der Waals surface area contributed by atoms with Crippen molar-refractivity contribution in [1.29, 1.82) is 0 Å². The highest BCUT2D eigenvalue weighted by Crippen LogP contribution is 2.41. The van der Waals surface area contributed by atoms with Crippen LogP contribution in [0.1, 0.15) is 11.1 Å². The van der Waals surface area contributed by atoms with Gasteiger partial charge in [0.1, 0.15) is 5.65 Å². The molecule has 7 rings (SSSR count). The smallest absolute Gasteiger partial charge is 0.178 e. The Hall–Kier alpha value is -3.79. The Balaban J connectivity index is 1.74. The number of benzene rings is 2. The van der Waals surface area contributed by atoms with Gasteiger partial charge in [-0.1, -0.05) is 24.3 Å². The Bertz CT molecular complexity index is 1590. The third-order valence-electron chi connectivity index (χ3n) is 5.93. The van der Waals surface area contributed by atoms with Gasteiger partial charge in [-0.3, -0.25) is 9.38 Å². The molecule has 0 fully saturated rings. The molecule has 0 saturated heterocycles. The van der Waals surface area contributed by atoms with Crippen molar-refractivity contribution in [2.45, 2.75) is 6.42 Å². The summed E-state index contributed by atoms with van der Waals surface area (Å²) in [5, 5.41) is 3.58. The summed E-state index contributed by atoms with van der Waals surface area (Å²) >= 11 is 0. The molecule has 6 aromatic rings. The maximum atomic E-state index is 4.89.